The highest BCUT2D eigenvalue weighted by Gasteiger charge is 2.28. The number of ether oxygens (including phenoxy) is 1. The van der Waals surface area contributed by atoms with Crippen molar-refractivity contribution in [3.05, 3.63) is 0 Å². The van der Waals surface area contributed by atoms with E-state index in [9.17, 15) is 18.0 Å². The molecule has 1 fully saturated rings. The number of hydrogen-bond acceptors (Lipinski definition) is 7. The molecule has 1 amide bonds. The standard InChI is InChI=1S/C11H20N2O5S2/c1-18-11(15)9(12)2-4-19-6-10(14)13-8-3-5-20(16,17)7-8/h8-9H,2-7,12H2,1H3,(H,13,14). The second-order valence-electron chi connectivity index (χ2n) is 4.64. The van der Waals surface area contributed by atoms with Crippen LogP contribution >= 0.6 is 11.8 Å². The van der Waals surface area contributed by atoms with Gasteiger partial charge in [0.2, 0.25) is 5.91 Å². The van der Waals surface area contributed by atoms with Gasteiger partial charge in [-0.3, -0.25) is 9.59 Å². The van der Waals surface area contributed by atoms with Gasteiger partial charge in [-0.15, -0.1) is 0 Å². The van der Waals surface area contributed by atoms with Crippen molar-refractivity contribution in [2.45, 2.75) is 24.9 Å². The summed E-state index contributed by atoms with van der Waals surface area (Å²) >= 11 is 1.35. The summed E-state index contributed by atoms with van der Waals surface area (Å²) in [6.45, 7) is 0. The topological polar surface area (TPSA) is 116 Å². The molecule has 0 spiro atoms. The van der Waals surface area contributed by atoms with E-state index in [4.69, 9.17) is 5.73 Å². The number of nitrogens with one attached hydrogen (secondary N) is 1. The van der Waals surface area contributed by atoms with Crippen LogP contribution in [0.15, 0.2) is 0 Å². The van der Waals surface area contributed by atoms with Crippen molar-refractivity contribution in [1.82, 2.24) is 5.32 Å². The molecule has 3 N–H and O–H groups in total. The van der Waals surface area contributed by atoms with E-state index in [0.717, 1.165) is 0 Å². The number of nitrogens with two attached hydrogens (primary N) is 1. The van der Waals surface area contributed by atoms with Crippen molar-refractivity contribution < 1.29 is 22.7 Å². The molecular formula is C11H20N2O5S2. The Bertz CT molecular complexity index is 452. The van der Waals surface area contributed by atoms with Crippen LogP contribution in [-0.2, 0) is 24.2 Å². The number of rotatable bonds is 7. The average molecular weight is 324 g/mol. The van der Waals surface area contributed by atoms with Gasteiger partial charge >= 0.3 is 5.97 Å². The molecule has 0 aromatic rings. The first kappa shape index (κ1) is 17.3. The minimum Gasteiger partial charge on any atom is -0.468 e. The summed E-state index contributed by atoms with van der Waals surface area (Å²) in [7, 11) is -1.70. The van der Waals surface area contributed by atoms with Gasteiger partial charge in [0.15, 0.2) is 9.84 Å². The third-order valence-electron chi connectivity index (χ3n) is 2.91. The van der Waals surface area contributed by atoms with Crippen molar-refractivity contribution in [3.63, 3.8) is 0 Å². The van der Waals surface area contributed by atoms with Crippen LogP contribution in [0.25, 0.3) is 0 Å². The highest BCUT2D eigenvalue weighted by atomic mass is 32.2. The molecular weight excluding hydrogens is 304 g/mol. The van der Waals surface area contributed by atoms with E-state index < -0.39 is 21.8 Å². The van der Waals surface area contributed by atoms with Gasteiger partial charge in [-0.1, -0.05) is 0 Å². The first-order valence-corrected chi connectivity index (χ1v) is 9.22. The lowest BCUT2D eigenvalue weighted by atomic mass is 10.2. The number of hydrogen-bond donors (Lipinski definition) is 2. The number of esters is 1. The molecule has 1 aliphatic heterocycles. The molecule has 2 unspecified atom stereocenters. The number of amides is 1. The van der Waals surface area contributed by atoms with E-state index >= 15 is 0 Å². The fourth-order valence-corrected chi connectivity index (χ4v) is 4.33. The van der Waals surface area contributed by atoms with E-state index in [-0.39, 0.29) is 29.2 Å². The average Bonchev–Trinajstić information content (AvgIpc) is 2.72. The fraction of sp³-hybridized carbons (Fsp3) is 0.818. The summed E-state index contributed by atoms with van der Waals surface area (Å²) in [5, 5.41) is 2.69. The lowest BCUT2D eigenvalue weighted by Gasteiger charge is -2.11. The third-order valence-corrected chi connectivity index (χ3v) is 5.67. The fourth-order valence-electron chi connectivity index (χ4n) is 1.82. The van der Waals surface area contributed by atoms with Crippen LogP contribution in [0.3, 0.4) is 0 Å². The van der Waals surface area contributed by atoms with Crippen LogP contribution in [0, 0.1) is 0 Å². The molecule has 0 aliphatic carbocycles. The molecule has 0 aromatic carbocycles. The Kier molecular flexibility index (Phi) is 6.77. The molecule has 1 aliphatic rings. The van der Waals surface area contributed by atoms with Crippen LogP contribution in [0.5, 0.6) is 0 Å². The Balaban J connectivity index is 2.13. The summed E-state index contributed by atoms with van der Waals surface area (Å²) in [6.07, 6.45) is 0.911. The maximum absolute atomic E-state index is 11.6. The predicted octanol–water partition coefficient (Wildman–Crippen LogP) is -1.09. The zero-order valence-electron chi connectivity index (χ0n) is 11.3. The normalized spacial score (nSPS) is 22.2. The van der Waals surface area contributed by atoms with Crippen LogP contribution in [0.4, 0.5) is 0 Å². The largest absolute Gasteiger partial charge is 0.468 e. The number of thioether (sulfide) groups is 1. The van der Waals surface area contributed by atoms with Crippen LogP contribution in [0.2, 0.25) is 0 Å². The Morgan fingerprint density at radius 3 is 2.75 bits per heavy atom. The van der Waals surface area contributed by atoms with Crippen LogP contribution in [-0.4, -0.2) is 62.5 Å². The molecule has 1 rings (SSSR count). The molecule has 1 saturated heterocycles. The van der Waals surface area contributed by atoms with Gasteiger partial charge in [0, 0.05) is 6.04 Å². The van der Waals surface area contributed by atoms with E-state index in [1.54, 1.807) is 0 Å². The van der Waals surface area contributed by atoms with Gasteiger partial charge < -0.3 is 15.8 Å². The van der Waals surface area contributed by atoms with E-state index in [1.165, 1.54) is 18.9 Å². The predicted molar refractivity (Wildman–Crippen MR) is 77.1 cm³/mol. The SMILES string of the molecule is COC(=O)C(N)CCSCC(=O)NC1CCS(=O)(=O)C1. The van der Waals surface area contributed by atoms with Crippen molar-refractivity contribution >= 4 is 33.5 Å². The van der Waals surface area contributed by atoms with Crippen molar-refractivity contribution in [3.8, 4) is 0 Å². The molecule has 116 valence electrons. The van der Waals surface area contributed by atoms with Crippen LogP contribution < -0.4 is 11.1 Å². The monoisotopic (exact) mass is 324 g/mol. The quantitative estimate of drug-likeness (QED) is 0.452. The molecule has 0 radical (unpaired) electrons. The first-order chi connectivity index (χ1) is 9.34. The molecule has 2 atom stereocenters. The van der Waals surface area contributed by atoms with Crippen molar-refractivity contribution in [1.29, 1.82) is 0 Å². The summed E-state index contributed by atoms with van der Waals surface area (Å²) < 4.78 is 27.0. The second kappa shape index (κ2) is 7.84. The molecule has 7 nitrogen and oxygen atoms in total. The van der Waals surface area contributed by atoms with Gasteiger partial charge in [-0.05, 0) is 18.6 Å². The molecule has 1 heterocycles. The third kappa shape index (κ3) is 6.10. The van der Waals surface area contributed by atoms with Gasteiger partial charge in [-0.2, -0.15) is 11.8 Å². The van der Waals surface area contributed by atoms with E-state index in [0.29, 0.717) is 18.6 Å². The van der Waals surface area contributed by atoms with Gasteiger partial charge in [0.1, 0.15) is 6.04 Å². The lowest BCUT2D eigenvalue weighted by Crippen LogP contribution is -2.37. The molecule has 0 bridgehead atoms. The Morgan fingerprint density at radius 2 is 2.20 bits per heavy atom. The Labute approximate surface area is 122 Å². The number of sulfone groups is 1. The Hall–Kier alpha value is -0.800. The van der Waals surface area contributed by atoms with Gasteiger partial charge in [0.05, 0.1) is 24.4 Å². The van der Waals surface area contributed by atoms with Gasteiger partial charge in [0.25, 0.3) is 0 Å². The van der Waals surface area contributed by atoms with E-state index in [1.807, 2.05) is 0 Å². The number of methoxy groups -OCH3 is 1. The summed E-state index contributed by atoms with van der Waals surface area (Å²) in [5.41, 5.74) is 5.55. The number of carbonyl (C=O) groups excluding carboxylic acids is 2. The zero-order valence-corrected chi connectivity index (χ0v) is 13.0. The summed E-state index contributed by atoms with van der Waals surface area (Å²) in [5.74, 6) is 0.294. The summed E-state index contributed by atoms with van der Waals surface area (Å²) in [4.78, 5) is 22.6. The minimum absolute atomic E-state index is 0.0244. The zero-order chi connectivity index (χ0) is 15.2. The maximum atomic E-state index is 11.6. The highest BCUT2D eigenvalue weighted by Crippen LogP contribution is 2.12. The maximum Gasteiger partial charge on any atom is 0.322 e. The highest BCUT2D eigenvalue weighted by molar-refractivity contribution is 7.99. The molecule has 0 aromatic heterocycles. The molecule has 9 heteroatoms. The van der Waals surface area contributed by atoms with Crippen molar-refractivity contribution in [2.75, 3.05) is 30.1 Å². The molecule has 0 saturated carbocycles. The van der Waals surface area contributed by atoms with E-state index in [2.05, 4.69) is 10.1 Å². The first-order valence-electron chi connectivity index (χ1n) is 6.25. The van der Waals surface area contributed by atoms with Gasteiger partial charge in [-0.25, -0.2) is 8.42 Å². The summed E-state index contributed by atoms with van der Waals surface area (Å²) in [6, 6.07) is -0.944. The van der Waals surface area contributed by atoms with Crippen molar-refractivity contribution in [2.24, 2.45) is 5.73 Å². The second-order valence-corrected chi connectivity index (χ2v) is 7.97. The molecule has 20 heavy (non-hydrogen) atoms. The lowest BCUT2D eigenvalue weighted by molar-refractivity contribution is -0.142. The Morgan fingerprint density at radius 1 is 1.50 bits per heavy atom. The minimum atomic E-state index is -2.98. The smallest absolute Gasteiger partial charge is 0.322 e. The van der Waals surface area contributed by atoms with Crippen LogP contribution in [0.1, 0.15) is 12.8 Å². The number of carbonyl (C=O) groups is 2.